The van der Waals surface area contributed by atoms with Gasteiger partial charge < -0.3 is 0 Å². The van der Waals surface area contributed by atoms with Gasteiger partial charge in [0.1, 0.15) is 11.6 Å². The van der Waals surface area contributed by atoms with Crippen molar-refractivity contribution in [1.29, 1.82) is 0 Å². The number of hydrogen-bond donors (Lipinski definition) is 0. The maximum absolute atomic E-state index is 12.0. The smallest absolute Gasteiger partial charge is 0.147 e. The maximum Gasteiger partial charge on any atom is 0.147 e. The molecule has 1 aromatic rings. The maximum atomic E-state index is 12.0. The summed E-state index contributed by atoms with van der Waals surface area (Å²) in [4.78, 5) is 24.0. The largest absolute Gasteiger partial charge is 0.299 e. The molecule has 2 aliphatic carbocycles. The molecule has 0 heterocycles. The summed E-state index contributed by atoms with van der Waals surface area (Å²) in [5.41, 5.74) is 1.75. The van der Waals surface area contributed by atoms with E-state index in [4.69, 9.17) is 0 Å². The Hall–Kier alpha value is -1.44. The molecule has 0 aliphatic heterocycles. The van der Waals surface area contributed by atoms with Gasteiger partial charge in [-0.1, -0.05) is 29.8 Å². The van der Waals surface area contributed by atoms with E-state index in [2.05, 4.69) is 24.3 Å². The molecule has 0 N–H and O–H groups in total. The van der Waals surface area contributed by atoms with E-state index < -0.39 is 5.41 Å². The van der Waals surface area contributed by atoms with Crippen LogP contribution in [-0.4, -0.2) is 11.6 Å². The lowest BCUT2D eigenvalue weighted by atomic mass is 9.80. The molecule has 1 spiro atoms. The minimum atomic E-state index is -0.618. The van der Waals surface area contributed by atoms with Gasteiger partial charge in [0.2, 0.25) is 0 Å². The van der Waals surface area contributed by atoms with Crippen LogP contribution in [0.3, 0.4) is 0 Å². The van der Waals surface area contributed by atoms with E-state index in [0.717, 1.165) is 18.4 Å². The average Bonchev–Trinajstić information content (AvgIpc) is 3.04. The molecular formula is C15H16O2. The monoisotopic (exact) mass is 228 g/mol. The molecule has 2 heteroatoms. The molecule has 1 atom stereocenters. The number of Topliss-reactive ketones (excluding diaryl/α,β-unsaturated/α-hetero) is 2. The number of hydrogen-bond acceptors (Lipinski definition) is 2. The molecule has 17 heavy (non-hydrogen) atoms. The zero-order valence-corrected chi connectivity index (χ0v) is 10.0. The zero-order valence-electron chi connectivity index (χ0n) is 10.0. The molecule has 1 aromatic carbocycles. The highest BCUT2D eigenvalue weighted by atomic mass is 16.2. The van der Waals surface area contributed by atoms with Crippen LogP contribution in [0.5, 0.6) is 0 Å². The number of aryl methyl sites for hydroxylation is 1. The van der Waals surface area contributed by atoms with Crippen LogP contribution < -0.4 is 0 Å². The Morgan fingerprint density at radius 3 is 2.24 bits per heavy atom. The highest BCUT2D eigenvalue weighted by Gasteiger charge is 2.65. The van der Waals surface area contributed by atoms with Crippen LogP contribution >= 0.6 is 0 Å². The molecule has 0 amide bonds. The molecule has 88 valence electrons. The Morgan fingerprint density at radius 2 is 1.65 bits per heavy atom. The first-order valence-corrected chi connectivity index (χ1v) is 6.28. The predicted octanol–water partition coefficient (Wildman–Crippen LogP) is 2.79. The number of carbonyl (C=O) groups is 2. The molecule has 3 rings (SSSR count). The van der Waals surface area contributed by atoms with Gasteiger partial charge in [-0.3, -0.25) is 9.59 Å². The topological polar surface area (TPSA) is 34.1 Å². The van der Waals surface area contributed by atoms with E-state index >= 15 is 0 Å². The Morgan fingerprint density at radius 1 is 1.06 bits per heavy atom. The molecule has 0 radical (unpaired) electrons. The second-order valence-corrected chi connectivity index (χ2v) is 5.34. The summed E-state index contributed by atoms with van der Waals surface area (Å²) in [5.74, 6) is 0.516. The van der Waals surface area contributed by atoms with Crippen molar-refractivity contribution in [3.63, 3.8) is 0 Å². The van der Waals surface area contributed by atoms with Crippen LogP contribution in [0.1, 0.15) is 42.7 Å². The van der Waals surface area contributed by atoms with Crippen molar-refractivity contribution in [2.75, 3.05) is 0 Å². The van der Waals surface area contributed by atoms with Crippen molar-refractivity contribution in [2.45, 2.75) is 38.5 Å². The lowest BCUT2D eigenvalue weighted by Crippen LogP contribution is -2.31. The van der Waals surface area contributed by atoms with E-state index in [0.29, 0.717) is 12.8 Å². The van der Waals surface area contributed by atoms with Crippen molar-refractivity contribution in [3.8, 4) is 0 Å². The normalized spacial score (nSPS) is 26.3. The van der Waals surface area contributed by atoms with Crippen LogP contribution in [0.25, 0.3) is 0 Å². The molecule has 2 nitrogen and oxygen atoms in total. The van der Waals surface area contributed by atoms with Gasteiger partial charge in [0.25, 0.3) is 0 Å². The highest BCUT2D eigenvalue weighted by molar-refractivity contribution is 6.13. The second kappa shape index (κ2) is 3.52. The third-order valence-corrected chi connectivity index (χ3v) is 4.24. The molecule has 0 bridgehead atoms. The van der Waals surface area contributed by atoms with Crippen LogP contribution in [-0.2, 0) is 9.59 Å². The summed E-state index contributed by atoms with van der Waals surface area (Å²) >= 11 is 0. The quantitative estimate of drug-likeness (QED) is 0.693. The third kappa shape index (κ3) is 1.47. The van der Waals surface area contributed by atoms with Crippen molar-refractivity contribution < 1.29 is 9.59 Å². The SMILES string of the molecule is Cc1ccc(C2CC23C(=O)CCCC3=O)cc1. The van der Waals surface area contributed by atoms with Crippen LogP contribution in [0, 0.1) is 12.3 Å². The summed E-state index contributed by atoms with van der Waals surface area (Å²) in [6.07, 6.45) is 2.68. The summed E-state index contributed by atoms with van der Waals surface area (Å²) in [6.45, 7) is 2.05. The zero-order chi connectivity index (χ0) is 12.0. The Labute approximate surface area is 101 Å². The molecular weight excluding hydrogens is 212 g/mol. The van der Waals surface area contributed by atoms with Crippen molar-refractivity contribution in [2.24, 2.45) is 5.41 Å². The number of ketones is 2. The van der Waals surface area contributed by atoms with Crippen molar-refractivity contribution in [1.82, 2.24) is 0 Å². The summed E-state index contributed by atoms with van der Waals surface area (Å²) in [7, 11) is 0. The highest BCUT2D eigenvalue weighted by Crippen LogP contribution is 2.62. The van der Waals surface area contributed by atoms with Crippen LogP contribution in [0.4, 0.5) is 0 Å². The standard InChI is InChI=1S/C15H16O2/c1-10-5-7-11(8-6-10)12-9-15(12)13(16)3-2-4-14(15)17/h5-8,12H,2-4,9H2,1H3. The van der Waals surface area contributed by atoms with Gasteiger partial charge in [-0.15, -0.1) is 0 Å². The molecule has 2 saturated carbocycles. The van der Waals surface area contributed by atoms with Gasteiger partial charge in [-0.2, -0.15) is 0 Å². The van der Waals surface area contributed by atoms with Crippen molar-refractivity contribution >= 4 is 11.6 Å². The molecule has 0 saturated heterocycles. The Bertz CT molecular complexity index is 468. The van der Waals surface area contributed by atoms with Crippen LogP contribution in [0.15, 0.2) is 24.3 Å². The molecule has 2 fully saturated rings. The van der Waals surface area contributed by atoms with Gasteiger partial charge in [0.15, 0.2) is 0 Å². The van der Waals surface area contributed by atoms with E-state index in [1.54, 1.807) is 0 Å². The average molecular weight is 228 g/mol. The van der Waals surface area contributed by atoms with Crippen molar-refractivity contribution in [3.05, 3.63) is 35.4 Å². The number of benzene rings is 1. The molecule has 1 unspecified atom stereocenters. The predicted molar refractivity (Wildman–Crippen MR) is 64.8 cm³/mol. The fraction of sp³-hybridized carbons (Fsp3) is 0.467. The number of carbonyl (C=O) groups excluding carboxylic acids is 2. The first kappa shape index (κ1) is 10.7. The van der Waals surface area contributed by atoms with Gasteiger partial charge in [0.05, 0.1) is 5.41 Å². The second-order valence-electron chi connectivity index (χ2n) is 5.34. The molecule has 2 aliphatic rings. The Balaban J connectivity index is 1.91. The summed E-state index contributed by atoms with van der Waals surface area (Å²) in [6, 6.07) is 8.23. The molecule has 0 aromatic heterocycles. The van der Waals surface area contributed by atoms with E-state index in [9.17, 15) is 9.59 Å². The Kier molecular flexibility index (Phi) is 2.22. The van der Waals surface area contributed by atoms with Gasteiger partial charge in [-0.05, 0) is 25.3 Å². The summed E-state index contributed by atoms with van der Waals surface area (Å²) < 4.78 is 0. The fourth-order valence-electron chi connectivity index (χ4n) is 3.09. The van der Waals surface area contributed by atoms with E-state index in [1.807, 2.05) is 6.92 Å². The van der Waals surface area contributed by atoms with E-state index in [-0.39, 0.29) is 17.5 Å². The van der Waals surface area contributed by atoms with E-state index in [1.165, 1.54) is 5.56 Å². The lowest BCUT2D eigenvalue weighted by molar-refractivity contribution is -0.137. The first-order valence-electron chi connectivity index (χ1n) is 6.28. The van der Waals surface area contributed by atoms with Gasteiger partial charge >= 0.3 is 0 Å². The number of rotatable bonds is 1. The fourth-order valence-corrected chi connectivity index (χ4v) is 3.09. The van der Waals surface area contributed by atoms with Crippen LogP contribution in [0.2, 0.25) is 0 Å². The van der Waals surface area contributed by atoms with Gasteiger partial charge in [-0.25, -0.2) is 0 Å². The lowest BCUT2D eigenvalue weighted by Gasteiger charge is -2.20. The summed E-state index contributed by atoms with van der Waals surface area (Å²) in [5, 5.41) is 0. The first-order chi connectivity index (χ1) is 8.14. The third-order valence-electron chi connectivity index (χ3n) is 4.24. The van der Waals surface area contributed by atoms with Gasteiger partial charge in [0, 0.05) is 18.8 Å². The minimum absolute atomic E-state index is 0.156. The minimum Gasteiger partial charge on any atom is -0.299 e.